The van der Waals surface area contributed by atoms with Crippen LogP contribution in [0.15, 0.2) is 24.3 Å². The molecule has 14 heavy (non-hydrogen) atoms. The minimum atomic E-state index is 1.21. The molecule has 0 aliphatic carbocycles. The van der Waals surface area contributed by atoms with Gasteiger partial charge in [-0.2, -0.15) is 0 Å². The Labute approximate surface area is 86.9 Å². The van der Waals surface area contributed by atoms with Crippen LogP contribution in [0.3, 0.4) is 0 Å². The van der Waals surface area contributed by atoms with E-state index in [0.717, 1.165) is 0 Å². The summed E-state index contributed by atoms with van der Waals surface area (Å²) in [5, 5.41) is 0. The topological polar surface area (TPSA) is 0 Å². The van der Waals surface area contributed by atoms with Gasteiger partial charge in [0.25, 0.3) is 0 Å². The molecule has 0 bridgehead atoms. The second kappa shape index (κ2) is 3.74. The molecule has 1 aromatic carbocycles. The Bertz CT molecular complexity index is 311. The third-order valence-electron chi connectivity index (χ3n) is 3.29. The van der Waals surface area contributed by atoms with Crippen molar-refractivity contribution >= 4 is 0 Å². The quantitative estimate of drug-likeness (QED) is 0.629. The molecule has 0 aromatic heterocycles. The fourth-order valence-corrected chi connectivity index (χ4v) is 2.51. The monoisotopic (exact) mass is 190 g/mol. The Kier molecular flexibility index (Phi) is 2.60. The van der Waals surface area contributed by atoms with Crippen LogP contribution in [0.2, 0.25) is 0 Å². The number of likely N-dealkylation sites (tertiary alicyclic amines) is 1. The molecule has 1 fully saturated rings. The summed E-state index contributed by atoms with van der Waals surface area (Å²) in [6.07, 6.45) is 2.81. The van der Waals surface area contributed by atoms with Gasteiger partial charge in [0.2, 0.25) is 0 Å². The van der Waals surface area contributed by atoms with Crippen molar-refractivity contribution in [2.45, 2.75) is 26.3 Å². The highest BCUT2D eigenvalue weighted by Crippen LogP contribution is 2.20. The average Bonchev–Trinajstić information content (AvgIpc) is 2.51. The molecule has 1 saturated heterocycles. The largest absolute Gasteiger partial charge is 0.322 e. The number of quaternary nitrogens is 1. The third kappa shape index (κ3) is 2.16. The Morgan fingerprint density at radius 3 is 2.57 bits per heavy atom. The van der Waals surface area contributed by atoms with E-state index in [1.165, 1.54) is 48.1 Å². The molecule has 1 heteroatoms. The predicted octanol–water partition coefficient (Wildman–Crippen LogP) is 2.74. The van der Waals surface area contributed by atoms with Crippen LogP contribution in [0.1, 0.15) is 24.0 Å². The van der Waals surface area contributed by atoms with Crippen molar-refractivity contribution in [2.24, 2.45) is 0 Å². The molecular formula is C13H20N+. The lowest BCUT2D eigenvalue weighted by Gasteiger charge is -2.29. The molecular weight excluding hydrogens is 170 g/mol. The summed E-state index contributed by atoms with van der Waals surface area (Å²) in [6, 6.07) is 8.93. The summed E-state index contributed by atoms with van der Waals surface area (Å²) >= 11 is 0. The van der Waals surface area contributed by atoms with Crippen molar-refractivity contribution in [3.05, 3.63) is 35.4 Å². The maximum Gasteiger partial charge on any atom is 0.104 e. The van der Waals surface area contributed by atoms with E-state index in [2.05, 4.69) is 38.2 Å². The Balaban J connectivity index is 2.10. The highest BCUT2D eigenvalue weighted by atomic mass is 15.3. The van der Waals surface area contributed by atoms with Crippen LogP contribution in [-0.2, 0) is 6.54 Å². The first-order chi connectivity index (χ1) is 6.68. The standard InChI is InChI=1S/C13H20N/c1-12-6-5-7-13(10-12)11-14(2)8-3-4-9-14/h5-7,10H,3-4,8-9,11H2,1-2H3/q+1. The summed E-state index contributed by atoms with van der Waals surface area (Å²) < 4.78 is 1.24. The summed E-state index contributed by atoms with van der Waals surface area (Å²) in [5.74, 6) is 0. The van der Waals surface area contributed by atoms with E-state index in [0.29, 0.717) is 0 Å². The van der Waals surface area contributed by atoms with E-state index in [1.54, 1.807) is 0 Å². The summed E-state index contributed by atoms with van der Waals surface area (Å²) in [6.45, 7) is 6.09. The minimum absolute atomic E-state index is 1.21. The molecule has 0 amide bonds. The molecule has 1 aliphatic rings. The van der Waals surface area contributed by atoms with Crippen LogP contribution in [-0.4, -0.2) is 24.6 Å². The molecule has 0 N–H and O–H groups in total. The van der Waals surface area contributed by atoms with Crippen molar-refractivity contribution in [3.63, 3.8) is 0 Å². The molecule has 1 heterocycles. The van der Waals surface area contributed by atoms with Crippen LogP contribution in [0.25, 0.3) is 0 Å². The zero-order valence-electron chi connectivity index (χ0n) is 9.29. The van der Waals surface area contributed by atoms with E-state index in [-0.39, 0.29) is 0 Å². The van der Waals surface area contributed by atoms with Gasteiger partial charge in [0, 0.05) is 18.4 Å². The van der Waals surface area contributed by atoms with Gasteiger partial charge in [0.05, 0.1) is 20.1 Å². The van der Waals surface area contributed by atoms with E-state index in [9.17, 15) is 0 Å². The lowest BCUT2D eigenvalue weighted by Crippen LogP contribution is -2.39. The molecule has 0 spiro atoms. The lowest BCUT2D eigenvalue weighted by atomic mass is 10.1. The molecule has 1 aliphatic heterocycles. The normalized spacial score (nSPS) is 19.9. The van der Waals surface area contributed by atoms with Crippen LogP contribution in [0, 0.1) is 6.92 Å². The number of hydrogen-bond donors (Lipinski definition) is 0. The predicted molar refractivity (Wildman–Crippen MR) is 60.0 cm³/mol. The van der Waals surface area contributed by atoms with Crippen molar-refractivity contribution < 1.29 is 4.48 Å². The van der Waals surface area contributed by atoms with E-state index >= 15 is 0 Å². The van der Waals surface area contributed by atoms with Gasteiger partial charge in [-0.1, -0.05) is 29.8 Å². The summed E-state index contributed by atoms with van der Waals surface area (Å²) in [5.41, 5.74) is 2.88. The van der Waals surface area contributed by atoms with Crippen LogP contribution in [0.5, 0.6) is 0 Å². The second-order valence-electron chi connectivity index (χ2n) is 4.92. The first-order valence-electron chi connectivity index (χ1n) is 5.57. The Morgan fingerprint density at radius 1 is 1.21 bits per heavy atom. The van der Waals surface area contributed by atoms with Crippen molar-refractivity contribution in [1.82, 2.24) is 0 Å². The van der Waals surface area contributed by atoms with Gasteiger partial charge in [-0.05, 0) is 6.92 Å². The highest BCUT2D eigenvalue weighted by molar-refractivity contribution is 5.21. The van der Waals surface area contributed by atoms with E-state index in [1.807, 2.05) is 0 Å². The fourth-order valence-electron chi connectivity index (χ4n) is 2.51. The number of benzene rings is 1. The molecule has 0 atom stereocenters. The van der Waals surface area contributed by atoms with E-state index < -0.39 is 0 Å². The Hall–Kier alpha value is -0.820. The maximum atomic E-state index is 2.38. The van der Waals surface area contributed by atoms with Crippen molar-refractivity contribution in [2.75, 3.05) is 20.1 Å². The molecule has 2 rings (SSSR count). The van der Waals surface area contributed by atoms with Crippen LogP contribution >= 0.6 is 0 Å². The van der Waals surface area contributed by atoms with Crippen molar-refractivity contribution in [1.29, 1.82) is 0 Å². The average molecular weight is 190 g/mol. The first kappa shape index (κ1) is 9.72. The molecule has 0 unspecified atom stereocenters. The SMILES string of the molecule is Cc1cccc(C[N+]2(C)CCCC2)c1. The Morgan fingerprint density at radius 2 is 1.93 bits per heavy atom. The van der Waals surface area contributed by atoms with Gasteiger partial charge in [-0.25, -0.2) is 0 Å². The zero-order valence-corrected chi connectivity index (χ0v) is 9.29. The molecule has 76 valence electrons. The van der Waals surface area contributed by atoms with Gasteiger partial charge in [-0.3, -0.25) is 0 Å². The smallest absolute Gasteiger partial charge is 0.104 e. The molecule has 0 saturated carbocycles. The van der Waals surface area contributed by atoms with Gasteiger partial charge >= 0.3 is 0 Å². The number of nitrogens with zero attached hydrogens (tertiary/aromatic N) is 1. The van der Waals surface area contributed by atoms with Gasteiger partial charge in [0.15, 0.2) is 0 Å². The third-order valence-corrected chi connectivity index (χ3v) is 3.29. The number of aryl methyl sites for hydroxylation is 1. The second-order valence-corrected chi connectivity index (χ2v) is 4.92. The lowest BCUT2D eigenvalue weighted by molar-refractivity contribution is -0.910. The summed E-state index contributed by atoms with van der Waals surface area (Å²) in [7, 11) is 2.38. The molecule has 0 radical (unpaired) electrons. The van der Waals surface area contributed by atoms with Gasteiger partial charge < -0.3 is 4.48 Å². The van der Waals surface area contributed by atoms with Gasteiger partial charge in [-0.15, -0.1) is 0 Å². The maximum absolute atomic E-state index is 2.38. The van der Waals surface area contributed by atoms with Crippen molar-refractivity contribution in [3.8, 4) is 0 Å². The van der Waals surface area contributed by atoms with Crippen LogP contribution in [0.4, 0.5) is 0 Å². The molecule has 1 aromatic rings. The number of rotatable bonds is 2. The number of hydrogen-bond acceptors (Lipinski definition) is 0. The van der Waals surface area contributed by atoms with E-state index in [4.69, 9.17) is 0 Å². The molecule has 1 nitrogen and oxygen atoms in total. The zero-order chi connectivity index (χ0) is 10.0. The highest BCUT2D eigenvalue weighted by Gasteiger charge is 2.26. The summed E-state index contributed by atoms with van der Waals surface area (Å²) in [4.78, 5) is 0. The van der Waals surface area contributed by atoms with Gasteiger partial charge in [0.1, 0.15) is 6.54 Å². The minimum Gasteiger partial charge on any atom is -0.322 e. The fraction of sp³-hybridized carbons (Fsp3) is 0.538. The van der Waals surface area contributed by atoms with Crippen LogP contribution < -0.4 is 0 Å². The first-order valence-corrected chi connectivity index (χ1v) is 5.57.